The first kappa shape index (κ1) is 13.1. The fraction of sp³-hybridized carbons (Fsp3) is 0.280. The van der Waals surface area contributed by atoms with Gasteiger partial charge in [0.25, 0.3) is 0 Å². The first-order chi connectivity index (χ1) is 15.3. The van der Waals surface area contributed by atoms with Crippen molar-refractivity contribution in [2.75, 3.05) is 0 Å². The molecule has 0 aliphatic carbocycles. The molecule has 2 heterocycles. The van der Waals surface area contributed by atoms with E-state index in [0.29, 0.717) is 28.1 Å². The minimum Gasteiger partial charge on any atom is -0.455 e. The number of nitrogens with zero attached hydrogens (tertiary/aromatic N) is 2. The quantitative estimate of drug-likeness (QED) is 0.289. The minimum absolute atomic E-state index is 0.101. The molecule has 3 nitrogen and oxygen atoms in total. The van der Waals surface area contributed by atoms with Gasteiger partial charge in [0.2, 0.25) is 5.69 Å². The fourth-order valence-corrected chi connectivity index (χ4v) is 3.39. The highest BCUT2D eigenvalue weighted by molar-refractivity contribution is 6.10. The van der Waals surface area contributed by atoms with E-state index in [1.54, 1.807) is 46.0 Å². The van der Waals surface area contributed by atoms with Crippen LogP contribution in [0, 0.1) is 18.9 Å². The van der Waals surface area contributed by atoms with Gasteiger partial charge in [-0.3, -0.25) is 0 Å². The van der Waals surface area contributed by atoms with Crippen LogP contribution in [0.1, 0.15) is 38.8 Å². The molecule has 28 heavy (non-hydrogen) atoms. The van der Waals surface area contributed by atoms with Gasteiger partial charge in [0.1, 0.15) is 19.6 Å². The average molecular weight is 375 g/mol. The SMILES string of the molecule is [2H]c1c(C([2H])([2H])C(C)(C)C)c([2H])c(-c2c(C)ccc3c2oc2ccc([N+]#[C-])cc23)[n+](C)c1[2H]. The molecule has 0 unspecified atom stereocenters. The summed E-state index contributed by atoms with van der Waals surface area (Å²) in [7, 11) is 1.61. The summed E-state index contributed by atoms with van der Waals surface area (Å²) in [4.78, 5) is 3.50. The van der Waals surface area contributed by atoms with Gasteiger partial charge in [0, 0.05) is 25.6 Å². The molecule has 0 atom stereocenters. The normalized spacial score (nSPS) is 14.9. The lowest BCUT2D eigenvalue weighted by Crippen LogP contribution is -2.31. The van der Waals surface area contributed by atoms with Crippen LogP contribution in [0.5, 0.6) is 0 Å². The predicted molar refractivity (Wildman–Crippen MR) is 114 cm³/mol. The van der Waals surface area contributed by atoms with Crippen molar-refractivity contribution in [2.45, 2.75) is 34.1 Å². The highest BCUT2D eigenvalue weighted by atomic mass is 16.3. The molecule has 0 saturated carbocycles. The van der Waals surface area contributed by atoms with Gasteiger partial charge in [0.05, 0.1) is 14.9 Å². The molecule has 0 N–H and O–H groups in total. The number of hydrogen-bond acceptors (Lipinski definition) is 1. The molecule has 0 saturated heterocycles. The number of rotatable bonds is 2. The highest BCUT2D eigenvalue weighted by Crippen LogP contribution is 2.38. The molecule has 140 valence electrons. The standard InChI is InChI=1S/C25H25N2O/c1-16-7-9-19-20-14-18(26-5)8-10-22(20)28-24(19)23(16)21-13-17(11-12-27(21)6)15-25(2,3)4/h7-14H,15H2,1-4,6H3/q+1/i11D,12D,13D,15D2. The van der Waals surface area contributed by atoms with Crippen molar-refractivity contribution in [1.29, 1.82) is 0 Å². The largest absolute Gasteiger partial charge is 0.455 e. The molecule has 2 aromatic carbocycles. The summed E-state index contributed by atoms with van der Waals surface area (Å²) in [5.41, 5.74) is 2.33. The predicted octanol–water partition coefficient (Wildman–Crippen LogP) is 6.53. The van der Waals surface area contributed by atoms with Gasteiger partial charge in [0.15, 0.2) is 11.9 Å². The van der Waals surface area contributed by atoms with Crippen LogP contribution < -0.4 is 4.57 Å². The fourth-order valence-electron chi connectivity index (χ4n) is 3.39. The van der Waals surface area contributed by atoms with Crippen LogP contribution in [-0.4, -0.2) is 0 Å². The Morgan fingerprint density at radius 2 is 2.00 bits per heavy atom. The van der Waals surface area contributed by atoms with Gasteiger partial charge < -0.3 is 4.42 Å². The van der Waals surface area contributed by atoms with E-state index in [0.717, 1.165) is 16.3 Å². The van der Waals surface area contributed by atoms with Gasteiger partial charge in [-0.25, -0.2) is 9.41 Å². The second-order valence-corrected chi connectivity index (χ2v) is 8.05. The number of pyridine rings is 1. The topological polar surface area (TPSA) is 21.4 Å². The van der Waals surface area contributed by atoms with Gasteiger partial charge in [-0.2, -0.15) is 0 Å². The lowest BCUT2D eigenvalue weighted by molar-refractivity contribution is -0.660. The van der Waals surface area contributed by atoms with Crippen LogP contribution in [0.2, 0.25) is 0 Å². The third-order valence-electron chi connectivity index (χ3n) is 4.62. The van der Waals surface area contributed by atoms with Crippen molar-refractivity contribution in [2.24, 2.45) is 12.5 Å². The maximum absolute atomic E-state index is 9.02. The summed E-state index contributed by atoms with van der Waals surface area (Å²) < 4.78 is 51.2. The van der Waals surface area contributed by atoms with Crippen LogP contribution in [0.15, 0.2) is 53.0 Å². The molecule has 4 aromatic rings. The monoisotopic (exact) mass is 374 g/mol. The summed E-state index contributed by atoms with van der Waals surface area (Å²) in [5, 5.41) is 1.56. The summed E-state index contributed by atoms with van der Waals surface area (Å²) in [6.07, 6.45) is -2.19. The van der Waals surface area contributed by atoms with Crippen LogP contribution >= 0.6 is 0 Å². The molecule has 2 aromatic heterocycles. The molecule has 0 spiro atoms. The van der Waals surface area contributed by atoms with E-state index in [1.165, 1.54) is 4.57 Å². The lowest BCUT2D eigenvalue weighted by Gasteiger charge is -2.18. The Morgan fingerprint density at radius 1 is 1.21 bits per heavy atom. The van der Waals surface area contributed by atoms with Gasteiger partial charge >= 0.3 is 0 Å². The van der Waals surface area contributed by atoms with E-state index in [2.05, 4.69) is 4.85 Å². The van der Waals surface area contributed by atoms with E-state index in [1.807, 2.05) is 19.1 Å². The van der Waals surface area contributed by atoms with Gasteiger partial charge in [-0.1, -0.05) is 39.0 Å². The number of hydrogen-bond donors (Lipinski definition) is 0. The zero-order chi connectivity index (χ0) is 24.5. The van der Waals surface area contributed by atoms with E-state index in [-0.39, 0.29) is 23.8 Å². The third kappa shape index (κ3) is 3.16. The maximum Gasteiger partial charge on any atom is 0.216 e. The molecular weight excluding hydrogens is 344 g/mol. The molecule has 0 fully saturated rings. The summed E-state index contributed by atoms with van der Waals surface area (Å²) in [6.45, 7) is 14.4. The second kappa shape index (κ2) is 6.49. The summed E-state index contributed by atoms with van der Waals surface area (Å²) >= 11 is 0. The minimum atomic E-state index is -2.01. The van der Waals surface area contributed by atoms with E-state index in [9.17, 15) is 0 Å². The van der Waals surface area contributed by atoms with Crippen LogP contribution in [-0.2, 0) is 13.4 Å². The zero-order valence-electron chi connectivity index (χ0n) is 21.7. The highest BCUT2D eigenvalue weighted by Gasteiger charge is 2.22. The molecule has 0 aliphatic heterocycles. The van der Waals surface area contributed by atoms with Crippen molar-refractivity contribution < 1.29 is 15.8 Å². The van der Waals surface area contributed by atoms with Crippen molar-refractivity contribution in [1.82, 2.24) is 0 Å². The van der Waals surface area contributed by atoms with Crippen molar-refractivity contribution in [3.63, 3.8) is 0 Å². The van der Waals surface area contributed by atoms with Crippen molar-refractivity contribution in [3.05, 3.63) is 71.1 Å². The second-order valence-electron chi connectivity index (χ2n) is 8.05. The maximum atomic E-state index is 9.02. The van der Waals surface area contributed by atoms with E-state index < -0.39 is 11.8 Å². The smallest absolute Gasteiger partial charge is 0.216 e. The molecule has 0 aliphatic rings. The molecule has 0 bridgehead atoms. The van der Waals surface area contributed by atoms with Gasteiger partial charge in [-0.05, 0) is 42.0 Å². The number of aryl methyl sites for hydroxylation is 1. The van der Waals surface area contributed by atoms with Crippen molar-refractivity contribution >= 4 is 27.6 Å². The first-order valence-corrected chi connectivity index (χ1v) is 9.15. The zero-order valence-corrected chi connectivity index (χ0v) is 16.7. The summed E-state index contributed by atoms with van der Waals surface area (Å²) in [6, 6.07) is 8.59. The molecular formula is C25H25N2O+. The lowest BCUT2D eigenvalue weighted by atomic mass is 9.88. The van der Waals surface area contributed by atoms with Gasteiger partial charge in [-0.15, -0.1) is 0 Å². The Hall–Kier alpha value is -3.12. The Bertz CT molecular complexity index is 1490. The summed E-state index contributed by atoms with van der Waals surface area (Å²) in [5.74, 6) is 0. The van der Waals surface area contributed by atoms with E-state index >= 15 is 0 Å². The number of furan rings is 1. The molecule has 4 rings (SSSR count). The number of fused-ring (bicyclic) bond motifs is 3. The van der Waals surface area contributed by atoms with Crippen LogP contribution in [0.25, 0.3) is 38.0 Å². The van der Waals surface area contributed by atoms with E-state index in [4.69, 9.17) is 17.8 Å². The van der Waals surface area contributed by atoms with Crippen LogP contribution in [0.3, 0.4) is 0 Å². The third-order valence-corrected chi connectivity index (χ3v) is 4.62. The number of aromatic nitrogens is 1. The Labute approximate surface area is 173 Å². The Balaban J connectivity index is 2.17. The van der Waals surface area contributed by atoms with Crippen LogP contribution in [0.4, 0.5) is 5.69 Å². The Morgan fingerprint density at radius 3 is 2.71 bits per heavy atom. The molecule has 0 radical (unpaired) electrons. The first-order valence-electron chi connectivity index (χ1n) is 11.6. The molecule has 3 heteroatoms. The average Bonchev–Trinajstić information content (AvgIpc) is 3.10. The molecule has 0 amide bonds. The number of benzene rings is 2. The Kier molecular flexibility index (Phi) is 3.04. The van der Waals surface area contributed by atoms with Crippen molar-refractivity contribution in [3.8, 4) is 11.3 Å².